The lowest BCUT2D eigenvalue weighted by atomic mass is 10.2. The van der Waals surface area contributed by atoms with Crippen molar-refractivity contribution >= 4 is 45.0 Å². The maximum absolute atomic E-state index is 12.7. The van der Waals surface area contributed by atoms with Gasteiger partial charge in [0.15, 0.2) is 0 Å². The van der Waals surface area contributed by atoms with E-state index in [0.717, 1.165) is 6.20 Å². The van der Waals surface area contributed by atoms with Gasteiger partial charge in [0.2, 0.25) is 10.0 Å². The van der Waals surface area contributed by atoms with Gasteiger partial charge in [-0.2, -0.15) is 17.5 Å². The molecule has 0 aliphatic heterocycles. The van der Waals surface area contributed by atoms with Crippen LogP contribution in [0.25, 0.3) is 0 Å². The van der Waals surface area contributed by atoms with Crippen LogP contribution in [0.15, 0.2) is 46.5 Å². The van der Waals surface area contributed by atoms with E-state index in [0.29, 0.717) is 0 Å². The number of aromatic nitrogens is 1. The molecule has 0 fully saturated rings. The molecule has 6 nitrogen and oxygen atoms in total. The highest BCUT2D eigenvalue weighted by molar-refractivity contribution is 8.00. The Balaban J connectivity index is 2.36. The van der Waals surface area contributed by atoms with E-state index in [1.54, 1.807) is 13.8 Å². The summed E-state index contributed by atoms with van der Waals surface area (Å²) in [5.74, 6) is -0.863. The minimum Gasteiger partial charge on any atom is -0.322 e. The van der Waals surface area contributed by atoms with Crippen LogP contribution in [0.2, 0.25) is 5.02 Å². The van der Waals surface area contributed by atoms with E-state index in [9.17, 15) is 26.4 Å². The molecule has 1 amide bonds. The fourth-order valence-corrected chi connectivity index (χ4v) is 5.00. The molecule has 12 heteroatoms. The number of amides is 1. The number of alkyl halides is 3. The first kappa shape index (κ1) is 23.5. The van der Waals surface area contributed by atoms with Gasteiger partial charge in [0.1, 0.15) is 9.92 Å². The molecule has 0 saturated carbocycles. The number of sulfonamides is 1. The minimum absolute atomic E-state index is 0.0374. The SMILES string of the molecule is CCN(CC)S(=O)(=O)c1cc(NC(=O)c2cccnc2SC(F)(F)F)ccc1Cl. The zero-order valence-corrected chi connectivity index (χ0v) is 17.7. The van der Waals surface area contributed by atoms with Gasteiger partial charge in [-0.25, -0.2) is 13.4 Å². The van der Waals surface area contributed by atoms with Crippen LogP contribution in [0.3, 0.4) is 0 Å². The predicted molar refractivity (Wildman–Crippen MR) is 106 cm³/mol. The number of nitrogens with one attached hydrogen (secondary N) is 1. The zero-order chi connectivity index (χ0) is 21.8. The Morgan fingerprint density at radius 3 is 2.48 bits per heavy atom. The number of thioether (sulfide) groups is 1. The third kappa shape index (κ3) is 5.84. The molecule has 0 spiro atoms. The van der Waals surface area contributed by atoms with E-state index >= 15 is 0 Å². The van der Waals surface area contributed by atoms with Crippen LogP contribution < -0.4 is 5.32 Å². The number of nitrogens with zero attached hydrogens (tertiary/aromatic N) is 2. The summed E-state index contributed by atoms with van der Waals surface area (Å²) in [5, 5.41) is 1.85. The van der Waals surface area contributed by atoms with E-state index < -0.39 is 38.2 Å². The van der Waals surface area contributed by atoms with E-state index in [-0.39, 0.29) is 34.3 Å². The average Bonchev–Trinajstić information content (AvgIpc) is 2.63. The van der Waals surface area contributed by atoms with Crippen molar-refractivity contribution in [3.8, 4) is 0 Å². The predicted octanol–water partition coefficient (Wildman–Crippen LogP) is 4.63. The second-order valence-corrected chi connectivity index (χ2v) is 8.96. The normalized spacial score (nSPS) is 12.2. The maximum atomic E-state index is 12.7. The van der Waals surface area contributed by atoms with Gasteiger partial charge in [0.05, 0.1) is 10.6 Å². The fourth-order valence-electron chi connectivity index (χ4n) is 2.43. The van der Waals surface area contributed by atoms with Gasteiger partial charge in [-0.15, -0.1) is 0 Å². The molecule has 1 aromatic carbocycles. The smallest absolute Gasteiger partial charge is 0.322 e. The number of carbonyl (C=O) groups excluding carboxylic acids is 1. The molecule has 29 heavy (non-hydrogen) atoms. The van der Waals surface area contributed by atoms with Crippen molar-refractivity contribution in [2.24, 2.45) is 0 Å². The molecule has 158 valence electrons. The van der Waals surface area contributed by atoms with Crippen molar-refractivity contribution in [2.45, 2.75) is 29.3 Å². The van der Waals surface area contributed by atoms with Crippen molar-refractivity contribution < 1.29 is 26.4 Å². The fraction of sp³-hybridized carbons (Fsp3) is 0.294. The number of hydrogen-bond donors (Lipinski definition) is 1. The van der Waals surface area contributed by atoms with Gasteiger partial charge >= 0.3 is 5.51 Å². The third-order valence-electron chi connectivity index (χ3n) is 3.74. The Morgan fingerprint density at radius 1 is 1.24 bits per heavy atom. The molecular weight excluding hydrogens is 451 g/mol. The third-order valence-corrected chi connectivity index (χ3v) is 7.02. The molecule has 0 aliphatic rings. The zero-order valence-electron chi connectivity index (χ0n) is 15.3. The summed E-state index contributed by atoms with van der Waals surface area (Å²) >= 11 is 5.52. The Bertz CT molecular complexity index is 997. The number of halogens is 4. The second-order valence-electron chi connectivity index (χ2n) is 5.59. The summed E-state index contributed by atoms with van der Waals surface area (Å²) in [5.41, 5.74) is -4.84. The molecule has 0 radical (unpaired) electrons. The van der Waals surface area contributed by atoms with E-state index in [1.807, 2.05) is 0 Å². The highest BCUT2D eigenvalue weighted by Gasteiger charge is 2.32. The monoisotopic (exact) mass is 467 g/mol. The first-order chi connectivity index (χ1) is 13.5. The van der Waals surface area contributed by atoms with Crippen molar-refractivity contribution in [2.75, 3.05) is 18.4 Å². The lowest BCUT2D eigenvalue weighted by Gasteiger charge is -2.20. The van der Waals surface area contributed by atoms with Gasteiger partial charge in [0, 0.05) is 36.7 Å². The Hall–Kier alpha value is -1.82. The van der Waals surface area contributed by atoms with Crippen molar-refractivity contribution in [1.82, 2.24) is 9.29 Å². The van der Waals surface area contributed by atoms with E-state index in [4.69, 9.17) is 11.6 Å². The van der Waals surface area contributed by atoms with Gasteiger partial charge < -0.3 is 5.32 Å². The quantitative estimate of drug-likeness (QED) is 0.600. The average molecular weight is 468 g/mol. The largest absolute Gasteiger partial charge is 0.447 e. The number of rotatable bonds is 7. The topological polar surface area (TPSA) is 79.4 Å². The summed E-state index contributed by atoms with van der Waals surface area (Å²) in [6.07, 6.45) is 1.14. The van der Waals surface area contributed by atoms with Crippen LogP contribution in [-0.4, -0.2) is 42.2 Å². The van der Waals surface area contributed by atoms with E-state index in [1.165, 1.54) is 34.6 Å². The number of pyridine rings is 1. The molecule has 0 atom stereocenters. The number of hydrogen-bond acceptors (Lipinski definition) is 5. The molecule has 1 heterocycles. The van der Waals surface area contributed by atoms with Gasteiger partial charge in [-0.05, 0) is 30.3 Å². The number of anilines is 1. The van der Waals surface area contributed by atoms with Crippen LogP contribution >= 0.6 is 23.4 Å². The second kappa shape index (κ2) is 9.33. The molecule has 2 rings (SSSR count). The van der Waals surface area contributed by atoms with Crippen molar-refractivity contribution in [3.05, 3.63) is 47.1 Å². The molecule has 2 aromatic rings. The summed E-state index contributed by atoms with van der Waals surface area (Å²) in [6.45, 7) is 3.78. The minimum atomic E-state index is -4.62. The highest BCUT2D eigenvalue weighted by Crippen LogP contribution is 2.37. The van der Waals surface area contributed by atoms with Crippen molar-refractivity contribution in [3.63, 3.8) is 0 Å². The van der Waals surface area contributed by atoms with Gasteiger partial charge in [-0.1, -0.05) is 25.4 Å². The maximum Gasteiger partial charge on any atom is 0.447 e. The Labute approximate surface area is 175 Å². The molecule has 0 bridgehead atoms. The molecule has 0 saturated heterocycles. The van der Waals surface area contributed by atoms with Gasteiger partial charge in [-0.3, -0.25) is 4.79 Å². The van der Waals surface area contributed by atoms with Gasteiger partial charge in [0.25, 0.3) is 5.91 Å². The van der Waals surface area contributed by atoms with Crippen LogP contribution in [0.1, 0.15) is 24.2 Å². The molecule has 1 aromatic heterocycles. The number of carbonyl (C=O) groups is 1. The summed E-state index contributed by atoms with van der Waals surface area (Å²) < 4.78 is 64.7. The summed E-state index contributed by atoms with van der Waals surface area (Å²) in [4.78, 5) is 15.9. The molecule has 1 N–H and O–H groups in total. The van der Waals surface area contributed by atoms with Crippen LogP contribution in [0.4, 0.5) is 18.9 Å². The lowest BCUT2D eigenvalue weighted by molar-refractivity contribution is -0.0329. The Morgan fingerprint density at radius 2 is 1.90 bits per heavy atom. The summed E-state index contributed by atoms with van der Waals surface area (Å²) in [6, 6.07) is 6.34. The van der Waals surface area contributed by atoms with Crippen LogP contribution in [0, 0.1) is 0 Å². The lowest BCUT2D eigenvalue weighted by Crippen LogP contribution is -2.30. The summed E-state index contributed by atoms with van der Waals surface area (Å²) in [7, 11) is -3.90. The Kier molecular flexibility index (Phi) is 7.55. The molecular formula is C17H17ClF3N3O3S2. The van der Waals surface area contributed by atoms with Crippen LogP contribution in [0.5, 0.6) is 0 Å². The van der Waals surface area contributed by atoms with Crippen LogP contribution in [-0.2, 0) is 10.0 Å². The first-order valence-corrected chi connectivity index (χ1v) is 10.9. The standard InChI is InChI=1S/C17H17ClF3N3O3S2/c1-3-24(4-2)29(26,27)14-10-11(7-8-13(14)18)23-15(25)12-6-5-9-22-16(12)28-17(19,20)21/h5-10H,3-4H2,1-2H3,(H,23,25). The van der Waals surface area contributed by atoms with Crippen molar-refractivity contribution in [1.29, 1.82) is 0 Å². The molecule has 0 aliphatic carbocycles. The first-order valence-electron chi connectivity index (χ1n) is 8.31. The van der Waals surface area contributed by atoms with E-state index in [2.05, 4.69) is 10.3 Å². The highest BCUT2D eigenvalue weighted by atomic mass is 35.5. The molecule has 0 unspecified atom stereocenters. The number of benzene rings is 1.